The minimum Gasteiger partial charge on any atom is -0.340 e. The third-order valence-electron chi connectivity index (χ3n) is 5.89. The molecule has 0 radical (unpaired) electrons. The van der Waals surface area contributed by atoms with Gasteiger partial charge in [0.25, 0.3) is 0 Å². The van der Waals surface area contributed by atoms with Crippen molar-refractivity contribution in [1.29, 1.82) is 0 Å². The lowest BCUT2D eigenvalue weighted by molar-refractivity contribution is -0.120. The summed E-state index contributed by atoms with van der Waals surface area (Å²) in [5, 5.41) is 9.75. The Kier molecular flexibility index (Phi) is 4.28. The summed E-state index contributed by atoms with van der Waals surface area (Å²) >= 11 is 1.68. The molecular formula is C24H19N5OS. The number of thiophene rings is 1. The van der Waals surface area contributed by atoms with E-state index >= 15 is 0 Å². The largest absolute Gasteiger partial charge is 0.340 e. The van der Waals surface area contributed by atoms with Crippen molar-refractivity contribution < 1.29 is 4.79 Å². The molecule has 2 aliphatic rings. The molecule has 1 aliphatic carbocycles. The first-order chi connectivity index (χ1) is 15.2. The molecule has 4 aromatic rings. The van der Waals surface area contributed by atoms with E-state index in [9.17, 15) is 4.79 Å². The van der Waals surface area contributed by atoms with E-state index in [-0.39, 0.29) is 11.8 Å². The number of carbonyl (C=O) groups excluding carboxylic acids is 1. The van der Waals surface area contributed by atoms with Crippen molar-refractivity contribution >= 4 is 50.9 Å². The predicted molar refractivity (Wildman–Crippen MR) is 123 cm³/mol. The number of hydrogen-bond acceptors (Lipinski definition) is 6. The van der Waals surface area contributed by atoms with E-state index < -0.39 is 0 Å². The Balaban J connectivity index is 1.28. The molecule has 0 bridgehead atoms. The molecule has 1 amide bonds. The third-order valence-corrected chi connectivity index (χ3v) is 7.05. The van der Waals surface area contributed by atoms with E-state index in [4.69, 9.17) is 0 Å². The van der Waals surface area contributed by atoms with E-state index in [1.54, 1.807) is 17.7 Å². The van der Waals surface area contributed by atoms with Gasteiger partial charge >= 0.3 is 0 Å². The average molecular weight is 426 g/mol. The van der Waals surface area contributed by atoms with E-state index in [1.807, 2.05) is 48.7 Å². The van der Waals surface area contributed by atoms with Crippen LogP contribution in [-0.4, -0.2) is 15.9 Å². The number of aryl methyl sites for hydroxylation is 1. The fourth-order valence-corrected chi connectivity index (χ4v) is 5.52. The van der Waals surface area contributed by atoms with Crippen LogP contribution in [-0.2, 0) is 17.6 Å². The van der Waals surface area contributed by atoms with Gasteiger partial charge in [0.1, 0.15) is 17.0 Å². The minimum atomic E-state index is -0.0302. The smallest absolute Gasteiger partial charge is 0.227 e. The Labute approximate surface area is 182 Å². The van der Waals surface area contributed by atoms with Gasteiger partial charge in [-0.3, -0.25) is 9.79 Å². The Hall–Kier alpha value is -3.58. The monoisotopic (exact) mass is 425 g/mol. The van der Waals surface area contributed by atoms with Crippen LogP contribution in [0, 0.1) is 5.92 Å². The SMILES string of the molecule is O=C(Nc1ccccc1)C1CCc2c(sc3ncnc(Nc4ccc5c(c4)=CN=5)c23)C1. The highest BCUT2D eigenvalue weighted by molar-refractivity contribution is 7.19. The summed E-state index contributed by atoms with van der Waals surface area (Å²) in [4.78, 5) is 28.3. The maximum absolute atomic E-state index is 12.8. The number of nitrogens with one attached hydrogen (secondary N) is 2. The Morgan fingerprint density at radius 3 is 2.77 bits per heavy atom. The number of amides is 1. The van der Waals surface area contributed by atoms with Crippen LogP contribution in [0.15, 0.2) is 59.9 Å². The summed E-state index contributed by atoms with van der Waals surface area (Å²) < 4.78 is 0. The molecule has 2 N–H and O–H groups in total. The standard InChI is InChI=1S/C24H19N5OS/c30-23(29-16-4-2-1-3-5-16)14-6-8-18-20(11-14)31-24-21(18)22(26-13-27-24)28-17-7-9-19-15(10-17)12-25-19/h1-5,7,9-10,12-14H,6,8,11H2,(H,29,30)(H,26,27,28). The van der Waals surface area contributed by atoms with Crippen molar-refractivity contribution in [2.24, 2.45) is 10.9 Å². The molecule has 1 unspecified atom stereocenters. The van der Waals surface area contributed by atoms with E-state index in [0.717, 1.165) is 57.2 Å². The lowest BCUT2D eigenvalue weighted by Gasteiger charge is -2.22. The molecular weight excluding hydrogens is 406 g/mol. The van der Waals surface area contributed by atoms with Crippen LogP contribution >= 0.6 is 11.3 Å². The fraction of sp³-hybridized carbons (Fsp3) is 0.167. The van der Waals surface area contributed by atoms with Gasteiger partial charge in [-0.1, -0.05) is 18.2 Å². The molecule has 152 valence electrons. The molecule has 0 fully saturated rings. The number of benzene rings is 2. The molecule has 6 nitrogen and oxygen atoms in total. The lowest BCUT2D eigenvalue weighted by atomic mass is 9.87. The lowest BCUT2D eigenvalue weighted by Crippen LogP contribution is -2.30. The molecule has 0 saturated carbocycles. The predicted octanol–water partition coefficient (Wildman–Crippen LogP) is 3.55. The zero-order valence-electron chi connectivity index (χ0n) is 16.6. The van der Waals surface area contributed by atoms with Gasteiger partial charge in [-0.05, 0) is 55.2 Å². The maximum atomic E-state index is 12.8. The Morgan fingerprint density at radius 2 is 1.97 bits per heavy atom. The first-order valence-corrected chi connectivity index (χ1v) is 11.1. The van der Waals surface area contributed by atoms with E-state index in [1.165, 1.54) is 10.4 Å². The van der Waals surface area contributed by atoms with Crippen LogP contribution in [0.1, 0.15) is 16.9 Å². The molecule has 0 saturated heterocycles. The van der Waals surface area contributed by atoms with Crippen molar-refractivity contribution in [2.45, 2.75) is 19.3 Å². The summed E-state index contributed by atoms with van der Waals surface area (Å²) in [6.07, 6.45) is 5.88. The number of aromatic nitrogens is 2. The quantitative estimate of drug-likeness (QED) is 0.524. The number of hydrogen-bond donors (Lipinski definition) is 2. The Morgan fingerprint density at radius 1 is 1.06 bits per heavy atom. The van der Waals surface area contributed by atoms with Crippen LogP contribution in [0.3, 0.4) is 0 Å². The van der Waals surface area contributed by atoms with Gasteiger partial charge in [0.15, 0.2) is 0 Å². The van der Waals surface area contributed by atoms with Gasteiger partial charge in [0.05, 0.1) is 10.7 Å². The van der Waals surface area contributed by atoms with Gasteiger partial charge in [0, 0.05) is 33.6 Å². The topological polar surface area (TPSA) is 79.3 Å². The normalized spacial score (nSPS) is 16.3. The number of para-hydroxylation sites is 1. The van der Waals surface area contributed by atoms with Crippen molar-refractivity contribution in [3.63, 3.8) is 0 Å². The molecule has 2 aromatic carbocycles. The second-order valence-corrected chi connectivity index (χ2v) is 8.94. The molecule has 1 aliphatic heterocycles. The van der Waals surface area contributed by atoms with Crippen molar-refractivity contribution in [2.75, 3.05) is 10.6 Å². The van der Waals surface area contributed by atoms with E-state index in [0.29, 0.717) is 0 Å². The van der Waals surface area contributed by atoms with Crippen molar-refractivity contribution in [3.8, 4) is 0 Å². The minimum absolute atomic E-state index is 0.0302. The third kappa shape index (κ3) is 3.27. The van der Waals surface area contributed by atoms with Crippen LogP contribution < -0.4 is 21.2 Å². The van der Waals surface area contributed by atoms with Crippen LogP contribution in [0.4, 0.5) is 17.2 Å². The number of rotatable bonds is 4. The second-order valence-electron chi connectivity index (χ2n) is 7.86. The van der Waals surface area contributed by atoms with Gasteiger partial charge in [0.2, 0.25) is 5.91 Å². The van der Waals surface area contributed by atoms with Crippen molar-refractivity contribution in [1.82, 2.24) is 9.97 Å². The molecule has 7 heteroatoms. The zero-order chi connectivity index (χ0) is 20.8. The van der Waals surface area contributed by atoms with Gasteiger partial charge in [-0.15, -0.1) is 11.3 Å². The zero-order valence-corrected chi connectivity index (χ0v) is 17.4. The summed E-state index contributed by atoms with van der Waals surface area (Å²) in [5.74, 6) is 0.880. The first kappa shape index (κ1) is 18.2. The molecule has 2 aromatic heterocycles. The molecule has 1 atom stereocenters. The molecule has 6 rings (SSSR count). The molecule has 3 heterocycles. The Bertz CT molecular complexity index is 1440. The average Bonchev–Trinajstić information content (AvgIpc) is 3.15. The first-order valence-electron chi connectivity index (χ1n) is 10.3. The van der Waals surface area contributed by atoms with Crippen LogP contribution in [0.25, 0.3) is 16.4 Å². The summed E-state index contributed by atoms with van der Waals surface area (Å²) in [6, 6.07) is 15.8. The number of nitrogens with zero attached hydrogens (tertiary/aromatic N) is 3. The van der Waals surface area contributed by atoms with Crippen molar-refractivity contribution in [3.05, 3.63) is 75.9 Å². The van der Waals surface area contributed by atoms with Gasteiger partial charge in [-0.2, -0.15) is 0 Å². The maximum Gasteiger partial charge on any atom is 0.227 e. The van der Waals surface area contributed by atoms with Crippen LogP contribution in [0.2, 0.25) is 0 Å². The number of carbonyl (C=O) groups is 1. The molecule has 31 heavy (non-hydrogen) atoms. The summed E-state index contributed by atoms with van der Waals surface area (Å²) in [6.45, 7) is 0. The fourth-order valence-electron chi connectivity index (χ4n) is 4.26. The molecule has 0 spiro atoms. The highest BCUT2D eigenvalue weighted by Crippen LogP contribution is 2.40. The number of fused-ring (bicyclic) bond motifs is 4. The highest BCUT2D eigenvalue weighted by atomic mass is 32.1. The summed E-state index contributed by atoms with van der Waals surface area (Å²) in [5.41, 5.74) is 3.11. The highest BCUT2D eigenvalue weighted by Gasteiger charge is 2.29. The van der Waals surface area contributed by atoms with Gasteiger partial charge in [-0.25, -0.2) is 9.97 Å². The van der Waals surface area contributed by atoms with Crippen LogP contribution in [0.5, 0.6) is 0 Å². The summed E-state index contributed by atoms with van der Waals surface area (Å²) in [7, 11) is 0. The van der Waals surface area contributed by atoms with E-state index in [2.05, 4.69) is 31.7 Å². The van der Waals surface area contributed by atoms with Gasteiger partial charge < -0.3 is 10.6 Å². The second kappa shape index (κ2) is 7.28. The number of anilines is 3.